The lowest BCUT2D eigenvalue weighted by Crippen LogP contribution is -2.16. The maximum Gasteiger partial charge on any atom is 0.234 e. The molecule has 6 heteroatoms. The number of hydrogen-bond donors (Lipinski definition) is 1. The fraction of sp³-hybridized carbons (Fsp3) is 0.118. The van der Waals surface area contributed by atoms with Gasteiger partial charge in [-0.1, -0.05) is 17.7 Å². The number of pyridine rings is 1. The van der Waals surface area contributed by atoms with Crippen molar-refractivity contribution in [1.82, 2.24) is 14.8 Å². The van der Waals surface area contributed by atoms with E-state index in [-0.39, 0.29) is 5.91 Å². The van der Waals surface area contributed by atoms with Gasteiger partial charge >= 0.3 is 0 Å². The Balaban J connectivity index is 1.65. The summed E-state index contributed by atoms with van der Waals surface area (Å²) in [5.74, 6) is 0.874. The summed E-state index contributed by atoms with van der Waals surface area (Å²) >= 11 is 1.50. The third kappa shape index (κ3) is 3.98. The summed E-state index contributed by atoms with van der Waals surface area (Å²) in [6, 6.07) is 13.5. The first-order chi connectivity index (χ1) is 11.2. The van der Waals surface area contributed by atoms with Gasteiger partial charge in [-0.25, -0.2) is 9.67 Å². The van der Waals surface area contributed by atoms with Crippen molar-refractivity contribution in [2.75, 3.05) is 11.1 Å². The van der Waals surface area contributed by atoms with Crippen molar-refractivity contribution in [2.24, 2.45) is 0 Å². The molecule has 0 saturated carbocycles. The Hall–Kier alpha value is -2.60. The summed E-state index contributed by atoms with van der Waals surface area (Å²) < 4.78 is 1.63. The maximum absolute atomic E-state index is 12.2. The molecule has 3 rings (SSSR count). The SMILES string of the molecule is Cc1ccc(SCC(=O)Nc2cccnc2-n2cccn2)cc1. The lowest BCUT2D eigenvalue weighted by Gasteiger charge is -2.10. The number of carbonyl (C=O) groups excluding carboxylic acids is 1. The van der Waals surface area contributed by atoms with Crippen LogP contribution in [0.25, 0.3) is 5.82 Å². The second kappa shape index (κ2) is 7.11. The summed E-state index contributed by atoms with van der Waals surface area (Å²) in [7, 11) is 0. The van der Waals surface area contributed by atoms with Crippen molar-refractivity contribution in [3.8, 4) is 5.82 Å². The van der Waals surface area contributed by atoms with Crippen LogP contribution in [0.1, 0.15) is 5.56 Å². The molecule has 2 aromatic heterocycles. The molecule has 0 aliphatic carbocycles. The molecule has 23 heavy (non-hydrogen) atoms. The lowest BCUT2D eigenvalue weighted by molar-refractivity contribution is -0.113. The van der Waals surface area contributed by atoms with Crippen molar-refractivity contribution in [1.29, 1.82) is 0 Å². The predicted molar refractivity (Wildman–Crippen MR) is 91.9 cm³/mol. The van der Waals surface area contributed by atoms with Gasteiger partial charge in [-0.15, -0.1) is 11.8 Å². The van der Waals surface area contributed by atoms with E-state index in [0.29, 0.717) is 17.3 Å². The van der Waals surface area contributed by atoms with Gasteiger partial charge in [0.1, 0.15) is 0 Å². The molecule has 0 aliphatic heterocycles. The molecule has 2 heterocycles. The highest BCUT2D eigenvalue weighted by atomic mass is 32.2. The first kappa shape index (κ1) is 15.3. The van der Waals surface area contributed by atoms with Crippen molar-refractivity contribution in [2.45, 2.75) is 11.8 Å². The number of nitrogens with zero attached hydrogens (tertiary/aromatic N) is 3. The third-order valence-corrected chi connectivity index (χ3v) is 4.19. The van der Waals surface area contributed by atoms with E-state index in [2.05, 4.69) is 15.4 Å². The van der Waals surface area contributed by atoms with Crippen LogP contribution in [0.4, 0.5) is 5.69 Å². The monoisotopic (exact) mass is 324 g/mol. The van der Waals surface area contributed by atoms with Gasteiger partial charge in [0.05, 0.1) is 11.4 Å². The van der Waals surface area contributed by atoms with E-state index in [1.165, 1.54) is 17.3 Å². The molecule has 0 fully saturated rings. The summed E-state index contributed by atoms with van der Waals surface area (Å²) in [5, 5.41) is 7.05. The van der Waals surface area contributed by atoms with Crippen molar-refractivity contribution in [3.05, 3.63) is 66.6 Å². The molecule has 1 aromatic carbocycles. The molecule has 0 bridgehead atoms. The molecule has 5 nitrogen and oxygen atoms in total. The molecule has 0 radical (unpaired) electrons. The van der Waals surface area contributed by atoms with Gasteiger partial charge in [0.25, 0.3) is 0 Å². The molecule has 0 spiro atoms. The Kier molecular flexibility index (Phi) is 4.73. The third-order valence-electron chi connectivity index (χ3n) is 3.17. The Morgan fingerprint density at radius 2 is 2.00 bits per heavy atom. The zero-order valence-corrected chi connectivity index (χ0v) is 13.5. The number of benzene rings is 1. The first-order valence-electron chi connectivity index (χ1n) is 7.17. The molecular formula is C17H16N4OS. The van der Waals surface area contributed by atoms with Gasteiger partial charge < -0.3 is 5.32 Å². The maximum atomic E-state index is 12.2. The van der Waals surface area contributed by atoms with Gasteiger partial charge in [-0.05, 0) is 37.3 Å². The van der Waals surface area contributed by atoms with Crippen molar-refractivity contribution >= 4 is 23.4 Å². The predicted octanol–water partition coefficient (Wildman–Crippen LogP) is 3.31. The molecule has 1 N–H and O–H groups in total. The number of aryl methyl sites for hydroxylation is 1. The van der Waals surface area contributed by atoms with Crippen LogP contribution < -0.4 is 5.32 Å². The minimum atomic E-state index is -0.0722. The largest absolute Gasteiger partial charge is 0.322 e. The number of rotatable bonds is 5. The van der Waals surface area contributed by atoms with Crippen LogP contribution in [0.3, 0.4) is 0 Å². The molecule has 0 saturated heterocycles. The Labute approximate surface area is 138 Å². The number of amides is 1. The molecule has 0 atom stereocenters. The van der Waals surface area contributed by atoms with Gasteiger partial charge in [0, 0.05) is 23.5 Å². The summed E-state index contributed by atoms with van der Waals surface area (Å²) in [5.41, 5.74) is 1.85. The van der Waals surface area contributed by atoms with Crippen molar-refractivity contribution < 1.29 is 4.79 Å². The molecule has 1 amide bonds. The quantitative estimate of drug-likeness (QED) is 0.732. The van der Waals surface area contributed by atoms with Gasteiger partial charge in [0.15, 0.2) is 5.82 Å². The molecular weight excluding hydrogens is 308 g/mol. The van der Waals surface area contributed by atoms with E-state index in [0.717, 1.165) is 4.90 Å². The first-order valence-corrected chi connectivity index (χ1v) is 8.15. The number of anilines is 1. The highest BCUT2D eigenvalue weighted by Gasteiger charge is 2.10. The van der Waals surface area contributed by atoms with E-state index >= 15 is 0 Å². The minimum Gasteiger partial charge on any atom is -0.322 e. The minimum absolute atomic E-state index is 0.0722. The molecule has 116 valence electrons. The van der Waals surface area contributed by atoms with E-state index in [4.69, 9.17) is 0 Å². The van der Waals surface area contributed by atoms with Crippen LogP contribution in [0.15, 0.2) is 66.0 Å². The van der Waals surface area contributed by atoms with Crippen LogP contribution >= 0.6 is 11.8 Å². The topological polar surface area (TPSA) is 59.8 Å². The van der Waals surface area contributed by atoms with Gasteiger partial charge in [-0.2, -0.15) is 5.10 Å². The van der Waals surface area contributed by atoms with Crippen LogP contribution in [-0.2, 0) is 4.79 Å². The van der Waals surface area contributed by atoms with Gasteiger partial charge in [0.2, 0.25) is 5.91 Å². The standard InChI is InChI=1S/C17H16N4OS/c1-13-5-7-14(8-6-13)23-12-16(22)20-15-4-2-9-18-17(15)21-11-3-10-19-21/h2-11H,12H2,1H3,(H,20,22). The average molecular weight is 324 g/mol. The molecule has 0 unspecified atom stereocenters. The summed E-state index contributed by atoms with van der Waals surface area (Å²) in [4.78, 5) is 17.5. The second-order valence-corrected chi connectivity index (χ2v) is 6.02. The van der Waals surface area contributed by atoms with Crippen LogP contribution in [0.5, 0.6) is 0 Å². The number of thioether (sulfide) groups is 1. The number of hydrogen-bond acceptors (Lipinski definition) is 4. The van der Waals surface area contributed by atoms with Crippen LogP contribution in [-0.4, -0.2) is 26.4 Å². The highest BCUT2D eigenvalue weighted by molar-refractivity contribution is 8.00. The fourth-order valence-corrected chi connectivity index (χ4v) is 2.74. The Morgan fingerprint density at radius 1 is 1.17 bits per heavy atom. The van der Waals surface area contributed by atoms with Crippen LogP contribution in [0, 0.1) is 6.92 Å². The zero-order chi connectivity index (χ0) is 16.1. The van der Waals surface area contributed by atoms with Gasteiger partial charge in [-0.3, -0.25) is 4.79 Å². The second-order valence-electron chi connectivity index (χ2n) is 4.98. The van der Waals surface area contributed by atoms with E-state index < -0.39 is 0 Å². The van der Waals surface area contributed by atoms with E-state index in [1.54, 1.807) is 29.3 Å². The number of carbonyl (C=O) groups is 1. The molecule has 0 aliphatic rings. The summed E-state index contributed by atoms with van der Waals surface area (Å²) in [6.45, 7) is 2.04. The zero-order valence-electron chi connectivity index (χ0n) is 12.6. The van der Waals surface area contributed by atoms with E-state index in [9.17, 15) is 4.79 Å². The normalized spacial score (nSPS) is 10.5. The average Bonchev–Trinajstić information content (AvgIpc) is 3.09. The smallest absolute Gasteiger partial charge is 0.234 e. The number of nitrogens with one attached hydrogen (secondary N) is 1. The van der Waals surface area contributed by atoms with Crippen LogP contribution in [0.2, 0.25) is 0 Å². The Bertz CT molecular complexity index is 785. The Morgan fingerprint density at radius 3 is 2.74 bits per heavy atom. The fourth-order valence-electron chi connectivity index (χ4n) is 2.04. The summed E-state index contributed by atoms with van der Waals surface area (Å²) in [6.07, 6.45) is 5.14. The van der Waals surface area contributed by atoms with Crippen molar-refractivity contribution in [3.63, 3.8) is 0 Å². The molecule has 3 aromatic rings. The lowest BCUT2D eigenvalue weighted by atomic mass is 10.2. The number of aromatic nitrogens is 3. The van der Waals surface area contributed by atoms with E-state index in [1.807, 2.05) is 43.3 Å². The highest BCUT2D eigenvalue weighted by Crippen LogP contribution is 2.20.